The van der Waals surface area contributed by atoms with Crippen molar-refractivity contribution in [2.24, 2.45) is 0 Å². The fourth-order valence-electron chi connectivity index (χ4n) is 2.18. The Labute approximate surface area is 136 Å². The second-order valence-electron chi connectivity index (χ2n) is 4.86. The van der Waals surface area contributed by atoms with E-state index in [1.807, 2.05) is 0 Å². The molecule has 0 amide bonds. The van der Waals surface area contributed by atoms with Gasteiger partial charge < -0.3 is 14.3 Å². The maximum absolute atomic E-state index is 13.0. The van der Waals surface area contributed by atoms with Gasteiger partial charge in [0.2, 0.25) is 5.89 Å². The highest BCUT2D eigenvalue weighted by molar-refractivity contribution is 6.30. The van der Waals surface area contributed by atoms with E-state index in [0.717, 1.165) is 0 Å². The van der Waals surface area contributed by atoms with Crippen LogP contribution in [0.2, 0.25) is 5.02 Å². The molecule has 0 radical (unpaired) electrons. The Kier molecular flexibility index (Phi) is 4.12. The van der Waals surface area contributed by atoms with Crippen LogP contribution in [0, 0.1) is 5.82 Å². The smallest absolute Gasteiger partial charge is 0.227 e. The van der Waals surface area contributed by atoms with Gasteiger partial charge in [0.1, 0.15) is 5.82 Å². The van der Waals surface area contributed by atoms with Crippen molar-refractivity contribution in [2.75, 3.05) is 0 Å². The molecule has 4 nitrogen and oxygen atoms in total. The van der Waals surface area contributed by atoms with Crippen LogP contribution in [0.15, 0.2) is 52.9 Å². The topological polar surface area (TPSA) is 66.2 Å². The average Bonchev–Trinajstić information content (AvgIpc) is 2.91. The van der Waals surface area contributed by atoms with Crippen LogP contribution in [0.25, 0.3) is 22.8 Å². The van der Waals surface area contributed by atoms with E-state index in [1.165, 1.54) is 24.3 Å². The van der Waals surface area contributed by atoms with E-state index in [9.17, 15) is 14.3 Å². The third kappa shape index (κ3) is 3.40. The quantitative estimate of drug-likeness (QED) is 0.737. The third-order valence-corrected chi connectivity index (χ3v) is 3.42. The normalized spacial score (nSPS) is 10.7. The Morgan fingerprint density at radius 2 is 1.91 bits per heavy atom. The molecule has 1 aromatic heterocycles. The molecule has 23 heavy (non-hydrogen) atoms. The molecule has 0 atom stereocenters. The minimum atomic E-state index is -1.27. The molecule has 6 heteroatoms. The van der Waals surface area contributed by atoms with E-state index in [0.29, 0.717) is 21.9 Å². The van der Waals surface area contributed by atoms with Crippen molar-refractivity contribution in [2.45, 2.75) is 6.42 Å². The molecule has 0 saturated heterocycles. The highest BCUT2D eigenvalue weighted by atomic mass is 35.5. The molecular formula is C17H10ClFNO3-. The first kappa shape index (κ1) is 15.2. The van der Waals surface area contributed by atoms with Crippen molar-refractivity contribution in [1.29, 1.82) is 0 Å². The van der Waals surface area contributed by atoms with Crippen LogP contribution >= 0.6 is 11.6 Å². The van der Waals surface area contributed by atoms with Crippen molar-refractivity contribution < 1.29 is 18.7 Å². The Hall–Kier alpha value is -2.66. The highest BCUT2D eigenvalue weighted by Crippen LogP contribution is 2.31. The first-order valence-corrected chi connectivity index (χ1v) is 7.12. The molecule has 0 aliphatic rings. The first-order valence-electron chi connectivity index (χ1n) is 6.74. The Bertz CT molecular complexity index is 859. The van der Waals surface area contributed by atoms with Crippen LogP contribution < -0.4 is 5.11 Å². The summed E-state index contributed by atoms with van der Waals surface area (Å²) in [6.07, 6.45) is -0.396. The fraction of sp³-hybridized carbons (Fsp3) is 0.0588. The number of hydrogen-bond acceptors (Lipinski definition) is 4. The van der Waals surface area contributed by atoms with Gasteiger partial charge >= 0.3 is 0 Å². The molecule has 2 aromatic carbocycles. The zero-order valence-corrected chi connectivity index (χ0v) is 12.5. The summed E-state index contributed by atoms with van der Waals surface area (Å²) in [6.45, 7) is 0. The monoisotopic (exact) mass is 330 g/mol. The van der Waals surface area contributed by atoms with Gasteiger partial charge in [-0.25, -0.2) is 9.37 Å². The van der Waals surface area contributed by atoms with Gasteiger partial charge in [-0.15, -0.1) is 0 Å². The number of carboxylic acid groups (broad SMARTS) is 1. The lowest BCUT2D eigenvalue weighted by Crippen LogP contribution is -2.24. The number of halogens is 2. The van der Waals surface area contributed by atoms with Gasteiger partial charge in [-0.05, 0) is 36.4 Å². The molecule has 0 fully saturated rings. The van der Waals surface area contributed by atoms with Gasteiger partial charge in [-0.2, -0.15) is 0 Å². The lowest BCUT2D eigenvalue weighted by molar-refractivity contribution is -0.304. The number of aliphatic carboxylic acids is 1. The van der Waals surface area contributed by atoms with E-state index >= 15 is 0 Å². The van der Waals surface area contributed by atoms with E-state index in [2.05, 4.69) is 4.98 Å². The maximum Gasteiger partial charge on any atom is 0.227 e. The largest absolute Gasteiger partial charge is 0.550 e. The molecule has 0 aliphatic heterocycles. The predicted octanol–water partition coefficient (Wildman–Crippen LogP) is 3.09. The van der Waals surface area contributed by atoms with E-state index in [1.54, 1.807) is 24.3 Å². The molecule has 0 saturated carbocycles. The van der Waals surface area contributed by atoms with Crippen LogP contribution in [0.3, 0.4) is 0 Å². The number of oxazole rings is 1. The minimum absolute atomic E-state index is 0.205. The molecule has 3 rings (SSSR count). The molecule has 0 bridgehead atoms. The number of carbonyl (C=O) groups is 1. The summed E-state index contributed by atoms with van der Waals surface area (Å²) in [4.78, 5) is 15.1. The molecule has 0 aliphatic carbocycles. The summed E-state index contributed by atoms with van der Waals surface area (Å²) in [6, 6.07) is 12.4. The minimum Gasteiger partial charge on any atom is -0.550 e. The standard InChI is InChI=1S/C17H11ClFNO3/c18-12-3-1-2-11(8-12)16-14(9-15(21)22)20-17(23-16)10-4-6-13(19)7-5-10/h1-8H,9H2,(H,21,22)/p-1. The second-order valence-corrected chi connectivity index (χ2v) is 5.30. The van der Waals surface area contributed by atoms with Gasteiger partial charge in [0.25, 0.3) is 0 Å². The SMILES string of the molecule is O=C([O-])Cc1nc(-c2ccc(F)cc2)oc1-c1cccc(Cl)c1. The number of hydrogen-bond donors (Lipinski definition) is 0. The Morgan fingerprint density at radius 3 is 2.57 bits per heavy atom. The number of carboxylic acids is 1. The lowest BCUT2D eigenvalue weighted by Gasteiger charge is -2.02. The van der Waals surface area contributed by atoms with E-state index in [4.69, 9.17) is 16.0 Å². The lowest BCUT2D eigenvalue weighted by atomic mass is 10.1. The number of aromatic nitrogens is 1. The van der Waals surface area contributed by atoms with Crippen molar-refractivity contribution in [3.63, 3.8) is 0 Å². The highest BCUT2D eigenvalue weighted by Gasteiger charge is 2.17. The number of carbonyl (C=O) groups excluding carboxylic acids is 1. The van der Waals surface area contributed by atoms with Crippen molar-refractivity contribution in [1.82, 2.24) is 4.98 Å². The van der Waals surface area contributed by atoms with Crippen LogP contribution in [0.1, 0.15) is 5.69 Å². The van der Waals surface area contributed by atoms with Crippen molar-refractivity contribution in [3.05, 3.63) is 65.1 Å². The van der Waals surface area contributed by atoms with Gasteiger partial charge in [0, 0.05) is 28.5 Å². The zero-order valence-electron chi connectivity index (χ0n) is 11.8. The Balaban J connectivity index is 2.10. The van der Waals surface area contributed by atoms with E-state index in [-0.39, 0.29) is 17.4 Å². The summed E-state index contributed by atoms with van der Waals surface area (Å²) in [5, 5.41) is 11.4. The van der Waals surface area contributed by atoms with Gasteiger partial charge in [0.15, 0.2) is 5.76 Å². The van der Waals surface area contributed by atoms with Crippen molar-refractivity contribution >= 4 is 17.6 Å². The predicted molar refractivity (Wildman–Crippen MR) is 81.1 cm³/mol. The molecule has 3 aromatic rings. The second kappa shape index (κ2) is 6.22. The van der Waals surface area contributed by atoms with Crippen molar-refractivity contribution in [3.8, 4) is 22.8 Å². The van der Waals surface area contributed by atoms with Gasteiger partial charge in [-0.3, -0.25) is 0 Å². The number of benzene rings is 2. The summed E-state index contributed by atoms with van der Waals surface area (Å²) in [5.41, 5.74) is 1.38. The summed E-state index contributed by atoms with van der Waals surface area (Å²) < 4.78 is 18.7. The molecule has 1 heterocycles. The zero-order chi connectivity index (χ0) is 16.4. The molecule has 0 spiro atoms. The third-order valence-electron chi connectivity index (χ3n) is 3.19. The summed E-state index contributed by atoms with van der Waals surface area (Å²) >= 11 is 5.96. The van der Waals surface area contributed by atoms with Crippen LogP contribution in [0.4, 0.5) is 4.39 Å². The van der Waals surface area contributed by atoms with Gasteiger partial charge in [-0.1, -0.05) is 23.7 Å². The van der Waals surface area contributed by atoms with Gasteiger partial charge in [0.05, 0.1) is 5.69 Å². The van der Waals surface area contributed by atoms with Crippen LogP contribution in [0.5, 0.6) is 0 Å². The number of rotatable bonds is 4. The maximum atomic E-state index is 13.0. The molecule has 0 N–H and O–H groups in total. The first-order chi connectivity index (χ1) is 11.0. The Morgan fingerprint density at radius 1 is 1.17 bits per heavy atom. The van der Waals surface area contributed by atoms with Crippen LogP contribution in [-0.2, 0) is 11.2 Å². The summed E-state index contributed by atoms with van der Waals surface area (Å²) in [7, 11) is 0. The van der Waals surface area contributed by atoms with E-state index < -0.39 is 12.4 Å². The molecular weight excluding hydrogens is 321 g/mol. The average molecular weight is 331 g/mol. The molecule has 0 unspecified atom stereocenters. The van der Waals surface area contributed by atoms with Crippen LogP contribution in [-0.4, -0.2) is 11.0 Å². The molecule has 116 valence electrons. The fourth-order valence-corrected chi connectivity index (χ4v) is 2.37. The number of nitrogens with zero attached hydrogens (tertiary/aromatic N) is 1. The summed E-state index contributed by atoms with van der Waals surface area (Å²) in [5.74, 6) is -1.15.